The fraction of sp³-hybridized carbons (Fsp3) is 0.538. The first kappa shape index (κ1) is 14.3. The van der Waals surface area contributed by atoms with Crippen molar-refractivity contribution in [2.75, 3.05) is 16.8 Å². The maximum absolute atomic E-state index is 4.59. The molecular formula is C13H19N5W. The van der Waals surface area contributed by atoms with Crippen LogP contribution >= 0.6 is 0 Å². The van der Waals surface area contributed by atoms with Gasteiger partial charge in [-0.05, 0) is 0 Å². The van der Waals surface area contributed by atoms with E-state index >= 15 is 0 Å². The molecule has 2 rings (SSSR count). The van der Waals surface area contributed by atoms with E-state index in [1.54, 1.807) is 10.9 Å². The molecule has 6 heteroatoms. The second-order valence-electron chi connectivity index (χ2n) is 4.62. The average molecular weight is 429 g/mol. The van der Waals surface area contributed by atoms with Crippen molar-refractivity contribution in [1.82, 2.24) is 9.97 Å². The molecule has 1 fully saturated rings. The summed E-state index contributed by atoms with van der Waals surface area (Å²) < 4.78 is 1.80. The number of aromatic nitrogens is 2. The van der Waals surface area contributed by atoms with Crippen molar-refractivity contribution in [3.63, 3.8) is 0 Å². The van der Waals surface area contributed by atoms with Gasteiger partial charge in [-0.15, -0.1) is 0 Å². The summed E-state index contributed by atoms with van der Waals surface area (Å²) in [5, 5.41) is 3.02. The molecule has 1 N–H and O–H groups in total. The van der Waals surface area contributed by atoms with E-state index in [9.17, 15) is 0 Å². The van der Waals surface area contributed by atoms with Crippen molar-refractivity contribution < 1.29 is 19.4 Å². The molecule has 0 radical (unpaired) electrons. The Hall–Kier alpha value is -1.09. The van der Waals surface area contributed by atoms with Gasteiger partial charge < -0.3 is 0 Å². The van der Waals surface area contributed by atoms with Crippen LogP contribution < -0.4 is 10.2 Å². The molecular weight excluding hydrogens is 410 g/mol. The molecule has 0 bridgehead atoms. The van der Waals surface area contributed by atoms with Gasteiger partial charge in [0.15, 0.2) is 0 Å². The number of nitrogens with zero attached hydrogens (tertiary/aromatic N) is 4. The van der Waals surface area contributed by atoms with Gasteiger partial charge in [0.25, 0.3) is 0 Å². The molecule has 1 atom stereocenters. The van der Waals surface area contributed by atoms with E-state index in [2.05, 4.69) is 38.2 Å². The Balaban J connectivity index is 2.20. The third-order valence-electron chi connectivity index (χ3n) is 3.31. The van der Waals surface area contributed by atoms with Gasteiger partial charge in [-0.3, -0.25) is 0 Å². The third kappa shape index (κ3) is 3.69. The van der Waals surface area contributed by atoms with Crippen LogP contribution in [0.5, 0.6) is 0 Å². The van der Waals surface area contributed by atoms with Crippen molar-refractivity contribution in [1.29, 1.82) is 0 Å². The maximum atomic E-state index is 4.59. The monoisotopic (exact) mass is 429 g/mol. The minimum atomic E-state index is 0.614. The van der Waals surface area contributed by atoms with E-state index in [1.807, 2.05) is 6.92 Å². The van der Waals surface area contributed by atoms with Crippen LogP contribution in [-0.4, -0.2) is 33.4 Å². The molecule has 1 aliphatic heterocycles. The molecule has 0 aromatic carbocycles. The molecule has 102 valence electrons. The predicted molar refractivity (Wildman–Crippen MR) is 75.6 cm³/mol. The molecule has 2 heterocycles. The number of aryl methyl sites for hydroxylation is 1. The fourth-order valence-electron chi connectivity index (χ4n) is 2.45. The summed E-state index contributed by atoms with van der Waals surface area (Å²) in [6.07, 6.45) is 5.31. The summed E-state index contributed by atoms with van der Waals surface area (Å²) in [5.74, 6) is 1.65. The summed E-state index contributed by atoms with van der Waals surface area (Å²) in [4.78, 5) is 15.4. The number of aliphatic imine (C=N–C) groups is 1. The zero-order chi connectivity index (χ0) is 13.7. The van der Waals surface area contributed by atoms with Gasteiger partial charge in [0.05, 0.1) is 0 Å². The van der Waals surface area contributed by atoms with Crippen molar-refractivity contribution in [2.24, 2.45) is 4.99 Å². The van der Waals surface area contributed by atoms with Gasteiger partial charge in [-0.2, -0.15) is 0 Å². The van der Waals surface area contributed by atoms with Crippen LogP contribution in [0.2, 0.25) is 0 Å². The zero-order valence-electron chi connectivity index (χ0n) is 11.3. The molecule has 0 amide bonds. The molecule has 1 unspecified atom stereocenters. The molecule has 1 aliphatic rings. The minimum absolute atomic E-state index is 0.614. The van der Waals surface area contributed by atoms with E-state index in [1.165, 1.54) is 38.6 Å². The molecule has 0 saturated carbocycles. The van der Waals surface area contributed by atoms with Gasteiger partial charge in [-0.25, -0.2) is 0 Å². The Morgan fingerprint density at radius 3 is 3.16 bits per heavy atom. The topological polar surface area (TPSA) is 53.4 Å². The third-order valence-corrected chi connectivity index (χ3v) is 3.75. The SMILES string of the molecule is CCC1CCCN1c1cc(C)nc(NC=N[CH]=[W])n1. The first-order chi connectivity index (χ1) is 9.24. The summed E-state index contributed by atoms with van der Waals surface area (Å²) in [5.41, 5.74) is 0.980. The second kappa shape index (κ2) is 6.90. The summed E-state index contributed by atoms with van der Waals surface area (Å²) in [7, 11) is 0. The number of hydrogen-bond acceptors (Lipinski definition) is 4. The molecule has 5 nitrogen and oxygen atoms in total. The Labute approximate surface area is 125 Å². The molecule has 0 aliphatic carbocycles. The summed E-state index contributed by atoms with van der Waals surface area (Å²) in [6, 6.07) is 2.68. The normalized spacial score (nSPS) is 19.1. The molecule has 0 spiro atoms. The predicted octanol–water partition coefficient (Wildman–Crippen LogP) is 1.91. The number of anilines is 2. The van der Waals surface area contributed by atoms with Crippen LogP contribution in [0, 0.1) is 6.92 Å². The van der Waals surface area contributed by atoms with Gasteiger partial charge in [0.2, 0.25) is 0 Å². The van der Waals surface area contributed by atoms with Crippen molar-refractivity contribution in [3.05, 3.63) is 11.8 Å². The Kier molecular flexibility index (Phi) is 5.20. The van der Waals surface area contributed by atoms with Crippen LogP contribution in [0.15, 0.2) is 11.1 Å². The van der Waals surface area contributed by atoms with Crippen LogP contribution in [0.1, 0.15) is 31.9 Å². The molecule has 19 heavy (non-hydrogen) atoms. The Morgan fingerprint density at radius 2 is 2.42 bits per heavy atom. The average Bonchev–Trinajstić information content (AvgIpc) is 2.86. The molecule has 1 aromatic heterocycles. The van der Waals surface area contributed by atoms with Crippen LogP contribution in [0.4, 0.5) is 11.8 Å². The van der Waals surface area contributed by atoms with Gasteiger partial charge >= 0.3 is 125 Å². The first-order valence-electron chi connectivity index (χ1n) is 6.58. The number of nitrogens with one attached hydrogen (secondary N) is 1. The van der Waals surface area contributed by atoms with Crippen molar-refractivity contribution in [3.8, 4) is 0 Å². The van der Waals surface area contributed by atoms with Crippen LogP contribution in [-0.2, 0) is 19.4 Å². The Bertz CT molecular complexity index is 474. The van der Waals surface area contributed by atoms with Gasteiger partial charge in [-0.1, -0.05) is 0 Å². The van der Waals surface area contributed by atoms with E-state index in [0.29, 0.717) is 12.0 Å². The van der Waals surface area contributed by atoms with E-state index in [0.717, 1.165) is 18.1 Å². The van der Waals surface area contributed by atoms with Crippen LogP contribution in [0.25, 0.3) is 0 Å². The van der Waals surface area contributed by atoms with E-state index in [4.69, 9.17) is 0 Å². The second-order valence-corrected chi connectivity index (χ2v) is 5.37. The molecule has 1 aromatic rings. The summed E-state index contributed by atoms with van der Waals surface area (Å²) >= 11 is 1.32. The van der Waals surface area contributed by atoms with Crippen molar-refractivity contribution >= 4 is 22.6 Å². The first-order valence-corrected chi connectivity index (χ1v) is 8.28. The molecule has 1 saturated heterocycles. The van der Waals surface area contributed by atoms with Gasteiger partial charge in [0.1, 0.15) is 0 Å². The number of rotatable bonds is 5. The zero-order valence-corrected chi connectivity index (χ0v) is 14.3. The van der Waals surface area contributed by atoms with Crippen LogP contribution in [0.3, 0.4) is 0 Å². The fourth-order valence-corrected chi connectivity index (χ4v) is 2.67. The van der Waals surface area contributed by atoms with E-state index in [-0.39, 0.29) is 0 Å². The number of hydrogen-bond donors (Lipinski definition) is 1. The quantitative estimate of drug-likeness (QED) is 0.574. The summed E-state index contributed by atoms with van der Waals surface area (Å²) in [6.45, 7) is 5.33. The van der Waals surface area contributed by atoms with Gasteiger partial charge in [0, 0.05) is 0 Å². The van der Waals surface area contributed by atoms with E-state index < -0.39 is 0 Å². The van der Waals surface area contributed by atoms with Crippen molar-refractivity contribution in [2.45, 2.75) is 39.2 Å². The standard InChI is InChI=1S/C13H19N5.W/c1-4-11-6-5-7-18(11)12-8-10(2)16-13(17-12)15-9-14-3;/h3,8-9,11H,4-7H2,1-2H3,(H,15,16,17);. The Morgan fingerprint density at radius 1 is 1.58 bits per heavy atom.